The van der Waals surface area contributed by atoms with Gasteiger partial charge in [0.15, 0.2) is 0 Å². The zero-order chi connectivity index (χ0) is 21.8. The number of hydrogen-bond donors (Lipinski definition) is 2. The summed E-state index contributed by atoms with van der Waals surface area (Å²) in [5.41, 5.74) is 4.50. The number of ether oxygens (including phenoxy) is 1. The van der Waals surface area contributed by atoms with Crippen LogP contribution in [0.2, 0.25) is 0 Å². The first kappa shape index (κ1) is 21.6. The summed E-state index contributed by atoms with van der Waals surface area (Å²) >= 11 is 1.69. The number of piperidine rings is 1. The zero-order valence-corrected chi connectivity index (χ0v) is 19.4. The Hall–Kier alpha value is -2.63. The molecule has 4 nitrogen and oxygen atoms in total. The molecule has 0 spiro atoms. The molecule has 4 rings (SSSR count). The van der Waals surface area contributed by atoms with Gasteiger partial charge in [0, 0.05) is 16.0 Å². The van der Waals surface area contributed by atoms with Gasteiger partial charge in [-0.1, -0.05) is 18.2 Å². The zero-order valence-electron chi connectivity index (χ0n) is 18.5. The smallest absolute Gasteiger partial charge is 0.256 e. The second-order valence-electron chi connectivity index (χ2n) is 8.27. The Balaban J connectivity index is 1.75. The monoisotopic (exact) mass is 435 g/mol. The van der Waals surface area contributed by atoms with E-state index >= 15 is 0 Å². The van der Waals surface area contributed by atoms with Gasteiger partial charge in [0.1, 0.15) is 16.8 Å². The lowest BCUT2D eigenvalue weighted by Gasteiger charge is -2.33. The first-order valence-electron chi connectivity index (χ1n) is 11.0. The molecule has 0 radical (unpaired) electrons. The van der Waals surface area contributed by atoms with Gasteiger partial charge in [-0.05, 0) is 75.1 Å². The van der Waals surface area contributed by atoms with Gasteiger partial charge in [0.2, 0.25) is 0 Å². The van der Waals surface area contributed by atoms with Crippen LogP contribution in [-0.4, -0.2) is 26.1 Å². The number of carbonyl (C=O) groups is 1. The number of quaternary nitrogens is 1. The number of likely N-dealkylation sites (tertiary alicyclic amines) is 1. The number of nitrogens with one attached hydrogen (secondary N) is 2. The Bertz CT molecular complexity index is 1020. The van der Waals surface area contributed by atoms with Gasteiger partial charge in [0.05, 0.1) is 25.8 Å². The van der Waals surface area contributed by atoms with E-state index in [1.54, 1.807) is 23.3 Å². The van der Waals surface area contributed by atoms with Gasteiger partial charge >= 0.3 is 0 Å². The van der Waals surface area contributed by atoms with Gasteiger partial charge in [-0.15, -0.1) is 11.3 Å². The van der Waals surface area contributed by atoms with Gasteiger partial charge in [-0.25, -0.2) is 0 Å². The normalized spacial score (nSPS) is 15.5. The average molecular weight is 436 g/mol. The molecule has 1 fully saturated rings. The lowest BCUT2D eigenvalue weighted by atomic mass is 9.93. The minimum atomic E-state index is -0.0507. The number of thiophene rings is 1. The highest BCUT2D eigenvalue weighted by Gasteiger charge is 2.33. The number of rotatable bonds is 6. The molecule has 31 heavy (non-hydrogen) atoms. The summed E-state index contributed by atoms with van der Waals surface area (Å²) in [5, 5.41) is 4.22. The lowest BCUT2D eigenvalue weighted by molar-refractivity contribution is -0.930. The Kier molecular flexibility index (Phi) is 6.73. The van der Waals surface area contributed by atoms with E-state index in [0.29, 0.717) is 5.56 Å². The molecule has 2 aromatic carbocycles. The Labute approximate surface area is 188 Å². The van der Waals surface area contributed by atoms with E-state index in [4.69, 9.17) is 4.74 Å². The third-order valence-electron chi connectivity index (χ3n) is 6.34. The quantitative estimate of drug-likeness (QED) is 0.585. The van der Waals surface area contributed by atoms with Gasteiger partial charge in [0.25, 0.3) is 5.91 Å². The molecule has 1 aliphatic heterocycles. The molecule has 1 atom stereocenters. The van der Waals surface area contributed by atoms with Crippen molar-refractivity contribution < 1.29 is 14.4 Å². The van der Waals surface area contributed by atoms with Crippen LogP contribution < -0.4 is 15.0 Å². The van der Waals surface area contributed by atoms with Crippen LogP contribution in [0.25, 0.3) is 0 Å². The minimum Gasteiger partial charge on any atom is -0.497 e. The van der Waals surface area contributed by atoms with Gasteiger partial charge < -0.3 is 15.0 Å². The second-order valence-corrected chi connectivity index (χ2v) is 9.50. The van der Waals surface area contributed by atoms with Crippen LogP contribution in [0.5, 0.6) is 5.75 Å². The summed E-state index contributed by atoms with van der Waals surface area (Å²) in [7, 11) is 1.70. The summed E-state index contributed by atoms with van der Waals surface area (Å²) in [6.07, 6.45) is 3.80. The predicted octanol–water partition coefficient (Wildman–Crippen LogP) is 4.78. The van der Waals surface area contributed by atoms with E-state index < -0.39 is 0 Å². The van der Waals surface area contributed by atoms with Crippen molar-refractivity contribution in [3.63, 3.8) is 0 Å². The molecule has 1 amide bonds. The van der Waals surface area contributed by atoms with Gasteiger partial charge in [-0.3, -0.25) is 4.79 Å². The molecule has 0 aliphatic carbocycles. The van der Waals surface area contributed by atoms with Crippen LogP contribution in [0.1, 0.15) is 57.2 Å². The Morgan fingerprint density at radius 1 is 1.00 bits per heavy atom. The fourth-order valence-electron chi connectivity index (χ4n) is 4.55. The van der Waals surface area contributed by atoms with Crippen molar-refractivity contribution in [2.45, 2.75) is 39.2 Å². The van der Waals surface area contributed by atoms with Crippen molar-refractivity contribution in [3.05, 3.63) is 81.7 Å². The van der Waals surface area contributed by atoms with Crippen LogP contribution in [0, 0.1) is 13.8 Å². The number of methoxy groups -OCH3 is 1. The molecule has 162 valence electrons. The average Bonchev–Trinajstić information content (AvgIpc) is 3.09. The fourth-order valence-corrected chi connectivity index (χ4v) is 5.64. The molecule has 5 heteroatoms. The van der Waals surface area contributed by atoms with Crippen LogP contribution in [-0.2, 0) is 0 Å². The highest BCUT2D eigenvalue weighted by molar-refractivity contribution is 7.16. The van der Waals surface area contributed by atoms with Crippen molar-refractivity contribution in [3.8, 4) is 5.75 Å². The summed E-state index contributed by atoms with van der Waals surface area (Å²) in [4.78, 5) is 15.8. The molecular weight excluding hydrogens is 404 g/mol. The topological polar surface area (TPSA) is 42.8 Å². The predicted molar refractivity (Wildman–Crippen MR) is 128 cm³/mol. The third-order valence-corrected chi connectivity index (χ3v) is 7.48. The van der Waals surface area contributed by atoms with E-state index in [9.17, 15) is 4.79 Å². The van der Waals surface area contributed by atoms with Gasteiger partial charge in [-0.2, -0.15) is 0 Å². The summed E-state index contributed by atoms with van der Waals surface area (Å²) in [6, 6.07) is 18.1. The number of amides is 1. The van der Waals surface area contributed by atoms with Crippen LogP contribution in [0.3, 0.4) is 0 Å². The van der Waals surface area contributed by atoms with Crippen molar-refractivity contribution >= 4 is 22.2 Å². The molecule has 0 saturated carbocycles. The van der Waals surface area contributed by atoms with E-state index in [1.165, 1.54) is 40.8 Å². The Morgan fingerprint density at radius 2 is 1.68 bits per heavy atom. The van der Waals surface area contributed by atoms with Crippen LogP contribution >= 0.6 is 11.3 Å². The first-order valence-corrected chi connectivity index (χ1v) is 11.8. The summed E-state index contributed by atoms with van der Waals surface area (Å²) in [6.45, 7) is 6.64. The largest absolute Gasteiger partial charge is 0.497 e. The van der Waals surface area contributed by atoms with Crippen LogP contribution in [0.4, 0.5) is 5.00 Å². The third kappa shape index (κ3) is 4.68. The fraction of sp³-hybridized carbons (Fsp3) is 0.346. The molecule has 1 saturated heterocycles. The van der Waals surface area contributed by atoms with E-state index in [1.807, 2.05) is 42.5 Å². The molecule has 0 unspecified atom stereocenters. The molecule has 1 aliphatic rings. The number of hydrogen-bond acceptors (Lipinski definition) is 3. The van der Waals surface area contributed by atoms with Crippen molar-refractivity contribution in [1.29, 1.82) is 0 Å². The van der Waals surface area contributed by atoms with Crippen LogP contribution in [0.15, 0.2) is 54.6 Å². The highest BCUT2D eigenvalue weighted by Crippen LogP contribution is 2.39. The van der Waals surface area contributed by atoms with Crippen molar-refractivity contribution in [2.75, 3.05) is 25.5 Å². The maximum atomic E-state index is 13.0. The molecule has 2 heterocycles. The molecule has 1 aromatic heterocycles. The molecular formula is C26H31N2O2S+. The molecule has 0 bridgehead atoms. The van der Waals surface area contributed by atoms with Crippen molar-refractivity contribution in [2.24, 2.45) is 0 Å². The van der Waals surface area contributed by atoms with E-state index in [-0.39, 0.29) is 11.9 Å². The van der Waals surface area contributed by atoms with E-state index in [2.05, 4.69) is 31.3 Å². The Morgan fingerprint density at radius 3 is 2.32 bits per heavy atom. The lowest BCUT2D eigenvalue weighted by Crippen LogP contribution is -3.13. The maximum absolute atomic E-state index is 13.0. The van der Waals surface area contributed by atoms with E-state index in [0.717, 1.165) is 23.8 Å². The first-order chi connectivity index (χ1) is 15.1. The van der Waals surface area contributed by atoms with Crippen molar-refractivity contribution in [1.82, 2.24) is 0 Å². The second kappa shape index (κ2) is 9.67. The summed E-state index contributed by atoms with van der Waals surface area (Å²) in [5.74, 6) is 0.817. The number of aryl methyl sites for hydroxylation is 1. The molecule has 3 aromatic rings. The minimum absolute atomic E-state index is 0.0507. The maximum Gasteiger partial charge on any atom is 0.256 e. The standard InChI is InChI=1S/C26H30N2O2S/c1-18-19(2)31-26(27-25(29)21-10-6-4-7-11-21)23(18)24(28-16-8-5-9-17-28)20-12-14-22(30-3)15-13-20/h4,6-7,10-15,24H,5,8-9,16-17H2,1-3H3,(H,27,29)/p+1/t24-/m0/s1. The SMILES string of the molecule is COc1ccc([C@@H](c2c(NC(=O)c3ccccc3)sc(C)c2C)[NH+]2CCCCC2)cc1. The number of anilines is 1. The number of benzene rings is 2. The highest BCUT2D eigenvalue weighted by atomic mass is 32.1. The number of carbonyl (C=O) groups excluding carboxylic acids is 1. The summed E-state index contributed by atoms with van der Waals surface area (Å²) < 4.78 is 5.39. The molecule has 2 N–H and O–H groups in total.